The van der Waals surface area contributed by atoms with Crippen molar-refractivity contribution in [1.29, 1.82) is 0 Å². The molecule has 1 aromatic heterocycles. The van der Waals surface area contributed by atoms with Crippen LogP contribution in [0.3, 0.4) is 0 Å². The molecule has 1 rings (SSSR count). The first-order valence-corrected chi connectivity index (χ1v) is 4.45. The molecule has 0 amide bonds. The van der Waals surface area contributed by atoms with Gasteiger partial charge in [-0.05, 0) is 12.1 Å². The van der Waals surface area contributed by atoms with Crippen molar-refractivity contribution in [1.82, 2.24) is 15.5 Å². The lowest BCUT2D eigenvalue weighted by atomic mass is 10.6. The summed E-state index contributed by atoms with van der Waals surface area (Å²) in [4.78, 5) is 6.07. The highest BCUT2D eigenvalue weighted by Gasteiger charge is 2.07. The lowest BCUT2D eigenvalue weighted by molar-refractivity contribution is 0.370. The maximum atomic E-state index is 5.08. The van der Waals surface area contributed by atoms with Crippen LogP contribution in [0.4, 0.5) is 5.95 Å². The molecule has 1 N–H and O–H groups in total. The third kappa shape index (κ3) is 2.75. The van der Waals surface area contributed by atoms with Crippen molar-refractivity contribution in [2.24, 2.45) is 0 Å². The number of hydrogen-bond acceptors (Lipinski definition) is 5. The second-order valence-electron chi connectivity index (χ2n) is 2.81. The molecule has 1 heterocycles. The third-order valence-electron chi connectivity index (χ3n) is 1.78. The SMILES string of the molecule is C#CCNCc1nc(N(C)CC)no1. The fourth-order valence-corrected chi connectivity index (χ4v) is 0.856. The number of anilines is 1. The van der Waals surface area contributed by atoms with Gasteiger partial charge in [0.15, 0.2) is 0 Å². The van der Waals surface area contributed by atoms with E-state index in [1.165, 1.54) is 0 Å². The van der Waals surface area contributed by atoms with Gasteiger partial charge >= 0.3 is 0 Å². The summed E-state index contributed by atoms with van der Waals surface area (Å²) in [5.41, 5.74) is 0. The van der Waals surface area contributed by atoms with Gasteiger partial charge in [0.05, 0.1) is 13.1 Å². The molecule has 76 valence electrons. The Labute approximate surface area is 83.5 Å². The zero-order chi connectivity index (χ0) is 10.4. The number of hydrogen-bond donors (Lipinski definition) is 1. The highest BCUT2D eigenvalue weighted by molar-refractivity contribution is 5.24. The Hall–Kier alpha value is -1.54. The van der Waals surface area contributed by atoms with Crippen LogP contribution in [0.5, 0.6) is 0 Å². The minimum atomic E-state index is 0.501. The van der Waals surface area contributed by atoms with Gasteiger partial charge in [-0.2, -0.15) is 4.98 Å². The Morgan fingerprint density at radius 3 is 3.07 bits per heavy atom. The van der Waals surface area contributed by atoms with Gasteiger partial charge < -0.3 is 9.42 Å². The van der Waals surface area contributed by atoms with Crippen LogP contribution in [0.2, 0.25) is 0 Å². The van der Waals surface area contributed by atoms with Gasteiger partial charge in [0.25, 0.3) is 5.95 Å². The van der Waals surface area contributed by atoms with Crippen molar-refractivity contribution >= 4 is 5.95 Å². The van der Waals surface area contributed by atoms with Crippen LogP contribution in [0, 0.1) is 12.3 Å². The van der Waals surface area contributed by atoms with Gasteiger partial charge in [-0.3, -0.25) is 5.32 Å². The number of terminal acetylenes is 1. The van der Waals surface area contributed by atoms with E-state index >= 15 is 0 Å². The molecular formula is C9H14N4O. The van der Waals surface area contributed by atoms with Crippen molar-refractivity contribution in [3.05, 3.63) is 5.89 Å². The number of aromatic nitrogens is 2. The molecule has 0 fully saturated rings. The first kappa shape index (κ1) is 10.5. The molecule has 0 saturated heterocycles. The summed E-state index contributed by atoms with van der Waals surface area (Å²) in [5.74, 6) is 3.62. The minimum absolute atomic E-state index is 0.501. The molecule has 0 radical (unpaired) electrons. The lowest BCUT2D eigenvalue weighted by Gasteiger charge is -2.08. The van der Waals surface area contributed by atoms with E-state index in [9.17, 15) is 0 Å². The largest absolute Gasteiger partial charge is 0.342 e. The molecule has 0 spiro atoms. The van der Waals surface area contributed by atoms with E-state index in [4.69, 9.17) is 10.9 Å². The van der Waals surface area contributed by atoms with Crippen LogP contribution < -0.4 is 10.2 Å². The number of nitrogens with one attached hydrogen (secondary N) is 1. The molecule has 0 bridgehead atoms. The Morgan fingerprint density at radius 2 is 2.43 bits per heavy atom. The van der Waals surface area contributed by atoms with Gasteiger partial charge in [-0.1, -0.05) is 5.92 Å². The van der Waals surface area contributed by atoms with Gasteiger partial charge in [-0.15, -0.1) is 6.42 Å². The summed E-state index contributed by atoms with van der Waals surface area (Å²) in [5, 5.41) is 6.78. The summed E-state index contributed by atoms with van der Waals surface area (Å²) in [6.45, 7) is 3.87. The fourth-order valence-electron chi connectivity index (χ4n) is 0.856. The smallest absolute Gasteiger partial charge is 0.265 e. The molecule has 5 heteroatoms. The summed E-state index contributed by atoms with van der Waals surface area (Å²) in [6.07, 6.45) is 5.08. The zero-order valence-electron chi connectivity index (χ0n) is 8.45. The Morgan fingerprint density at radius 1 is 1.64 bits per heavy atom. The van der Waals surface area contributed by atoms with Crippen LogP contribution in [0.25, 0.3) is 0 Å². The van der Waals surface area contributed by atoms with Crippen molar-refractivity contribution in [2.45, 2.75) is 13.5 Å². The standard InChI is InChI=1S/C9H14N4O/c1-4-6-10-7-8-11-9(12-14-8)13(3)5-2/h1,10H,5-7H2,2-3H3. The topological polar surface area (TPSA) is 54.2 Å². The van der Waals surface area contributed by atoms with Gasteiger partial charge in [-0.25, -0.2) is 0 Å². The Kier molecular flexibility index (Phi) is 3.95. The first-order valence-electron chi connectivity index (χ1n) is 4.45. The fraction of sp³-hybridized carbons (Fsp3) is 0.556. The van der Waals surface area contributed by atoms with Crippen LogP contribution in [-0.4, -0.2) is 30.3 Å². The molecule has 0 unspecified atom stereocenters. The molecule has 0 aliphatic rings. The third-order valence-corrected chi connectivity index (χ3v) is 1.78. The molecule has 0 aromatic carbocycles. The van der Waals surface area contributed by atoms with E-state index in [0.29, 0.717) is 24.9 Å². The van der Waals surface area contributed by atoms with E-state index in [1.807, 2.05) is 18.9 Å². The second-order valence-corrected chi connectivity index (χ2v) is 2.81. The van der Waals surface area contributed by atoms with E-state index in [2.05, 4.69) is 21.4 Å². The average molecular weight is 194 g/mol. The van der Waals surface area contributed by atoms with Crippen LogP contribution >= 0.6 is 0 Å². The normalized spacial score (nSPS) is 9.79. The van der Waals surface area contributed by atoms with Crippen LogP contribution in [0.1, 0.15) is 12.8 Å². The summed E-state index contributed by atoms with van der Waals surface area (Å²) >= 11 is 0. The first-order chi connectivity index (χ1) is 6.77. The summed E-state index contributed by atoms with van der Waals surface area (Å²) < 4.78 is 5.00. The average Bonchev–Trinajstić information content (AvgIpc) is 2.66. The summed E-state index contributed by atoms with van der Waals surface area (Å²) in [7, 11) is 1.91. The molecule has 0 aliphatic carbocycles. The highest BCUT2D eigenvalue weighted by Crippen LogP contribution is 2.05. The molecule has 0 aliphatic heterocycles. The number of rotatable bonds is 5. The lowest BCUT2D eigenvalue weighted by Crippen LogP contribution is -2.17. The van der Waals surface area contributed by atoms with Gasteiger partial charge in [0.2, 0.25) is 5.89 Å². The summed E-state index contributed by atoms with van der Waals surface area (Å²) in [6, 6.07) is 0. The van der Waals surface area contributed by atoms with Crippen molar-refractivity contribution in [2.75, 3.05) is 25.0 Å². The van der Waals surface area contributed by atoms with Crippen LogP contribution in [-0.2, 0) is 6.54 Å². The Balaban J connectivity index is 2.47. The highest BCUT2D eigenvalue weighted by atomic mass is 16.5. The maximum Gasteiger partial charge on any atom is 0.265 e. The molecule has 5 nitrogen and oxygen atoms in total. The van der Waals surface area contributed by atoms with Crippen molar-refractivity contribution in [3.8, 4) is 12.3 Å². The van der Waals surface area contributed by atoms with Crippen molar-refractivity contribution < 1.29 is 4.52 Å². The predicted octanol–water partition coefficient (Wildman–Crippen LogP) is 0.248. The molecule has 1 aromatic rings. The molecule has 14 heavy (non-hydrogen) atoms. The number of nitrogens with zero attached hydrogens (tertiary/aromatic N) is 3. The predicted molar refractivity (Wildman–Crippen MR) is 53.8 cm³/mol. The zero-order valence-corrected chi connectivity index (χ0v) is 8.45. The van der Waals surface area contributed by atoms with E-state index in [1.54, 1.807) is 0 Å². The minimum Gasteiger partial charge on any atom is -0.342 e. The molecule has 0 atom stereocenters. The van der Waals surface area contributed by atoms with E-state index in [-0.39, 0.29) is 0 Å². The monoisotopic (exact) mass is 194 g/mol. The maximum absolute atomic E-state index is 5.08. The quantitative estimate of drug-likeness (QED) is 0.538. The molecular weight excluding hydrogens is 180 g/mol. The van der Waals surface area contributed by atoms with Gasteiger partial charge in [0, 0.05) is 13.6 Å². The second kappa shape index (κ2) is 5.25. The van der Waals surface area contributed by atoms with Crippen molar-refractivity contribution in [3.63, 3.8) is 0 Å². The van der Waals surface area contributed by atoms with E-state index in [0.717, 1.165) is 6.54 Å². The van der Waals surface area contributed by atoms with E-state index < -0.39 is 0 Å². The van der Waals surface area contributed by atoms with Crippen LogP contribution in [0.15, 0.2) is 4.52 Å². The van der Waals surface area contributed by atoms with Gasteiger partial charge in [0.1, 0.15) is 0 Å². The Bertz CT molecular complexity index is 315. The molecule has 0 saturated carbocycles.